The molecule has 0 radical (unpaired) electrons. The van der Waals surface area contributed by atoms with Crippen LogP contribution in [0.1, 0.15) is 28.1 Å². The number of hydrogen-bond acceptors (Lipinski definition) is 5. The van der Waals surface area contributed by atoms with Gasteiger partial charge in [0.25, 0.3) is 5.82 Å². The Morgan fingerprint density at radius 1 is 1.00 bits per heavy atom. The molecule has 1 aromatic carbocycles. The Kier molecular flexibility index (Phi) is 4.69. The summed E-state index contributed by atoms with van der Waals surface area (Å²) in [5.74, 6) is -0.801. The number of aromatic nitrogens is 6. The molecule has 0 spiro atoms. The normalized spacial score (nSPS) is 11.9. The highest BCUT2D eigenvalue weighted by Crippen LogP contribution is 2.29. The molecule has 29 heavy (non-hydrogen) atoms. The van der Waals surface area contributed by atoms with E-state index < -0.39 is 12.0 Å². The molecule has 150 valence electrons. The third kappa shape index (κ3) is 3.78. The van der Waals surface area contributed by atoms with Gasteiger partial charge in [-0.3, -0.25) is 4.68 Å². The number of fused-ring (bicyclic) bond motifs is 1. The van der Waals surface area contributed by atoms with Gasteiger partial charge in [-0.05, 0) is 25.0 Å². The van der Waals surface area contributed by atoms with E-state index in [9.17, 15) is 13.2 Å². The maximum Gasteiger partial charge on any atom is 0.453 e. The quantitative estimate of drug-likeness (QED) is 0.553. The Morgan fingerprint density at radius 2 is 1.76 bits per heavy atom. The van der Waals surface area contributed by atoms with Crippen molar-refractivity contribution in [2.45, 2.75) is 33.1 Å². The molecule has 0 aliphatic rings. The number of hydrogen-bond donors (Lipinski definition) is 1. The van der Waals surface area contributed by atoms with Gasteiger partial charge in [-0.1, -0.05) is 30.3 Å². The Morgan fingerprint density at radius 3 is 2.48 bits per heavy atom. The number of rotatable bonds is 5. The van der Waals surface area contributed by atoms with Crippen molar-refractivity contribution < 1.29 is 13.2 Å². The third-order valence-corrected chi connectivity index (χ3v) is 4.68. The standard InChI is InChI=1S/C19H18F3N7/c1-12-13(2)17-25-26-18(19(20,21)22)29(17)27-16(12)23-8-15-9-24-28(11-15)10-14-6-4-3-5-7-14/h3-7,9,11H,8,10H2,1-2H3,(H,23,27). The second kappa shape index (κ2) is 7.19. The minimum Gasteiger partial charge on any atom is -0.364 e. The van der Waals surface area contributed by atoms with Gasteiger partial charge in [0.2, 0.25) is 0 Å². The monoisotopic (exact) mass is 401 g/mol. The number of alkyl halides is 3. The van der Waals surface area contributed by atoms with E-state index in [-0.39, 0.29) is 5.65 Å². The predicted octanol–water partition coefficient (Wildman–Crippen LogP) is 3.62. The molecule has 0 saturated carbocycles. The molecule has 0 unspecified atom stereocenters. The van der Waals surface area contributed by atoms with Crippen molar-refractivity contribution in [3.63, 3.8) is 0 Å². The largest absolute Gasteiger partial charge is 0.453 e. The van der Waals surface area contributed by atoms with E-state index in [4.69, 9.17) is 0 Å². The summed E-state index contributed by atoms with van der Waals surface area (Å²) in [7, 11) is 0. The summed E-state index contributed by atoms with van der Waals surface area (Å²) in [5.41, 5.74) is 3.41. The number of aryl methyl sites for hydroxylation is 1. The van der Waals surface area contributed by atoms with Gasteiger partial charge in [-0.15, -0.1) is 15.3 Å². The average Bonchev–Trinajstić information content (AvgIpc) is 3.31. The molecule has 10 heteroatoms. The van der Waals surface area contributed by atoms with Crippen LogP contribution in [0.3, 0.4) is 0 Å². The van der Waals surface area contributed by atoms with Crippen LogP contribution in [-0.2, 0) is 19.3 Å². The second-order valence-corrected chi connectivity index (χ2v) is 6.74. The molecule has 3 aromatic heterocycles. The zero-order valence-electron chi connectivity index (χ0n) is 15.8. The first-order valence-corrected chi connectivity index (χ1v) is 8.92. The lowest BCUT2D eigenvalue weighted by molar-refractivity contribution is -0.146. The minimum absolute atomic E-state index is 0.0936. The second-order valence-electron chi connectivity index (χ2n) is 6.74. The first-order valence-electron chi connectivity index (χ1n) is 8.92. The fourth-order valence-electron chi connectivity index (χ4n) is 3.01. The fourth-order valence-corrected chi connectivity index (χ4v) is 3.01. The highest BCUT2D eigenvalue weighted by Gasteiger charge is 2.38. The smallest absolute Gasteiger partial charge is 0.364 e. The van der Waals surface area contributed by atoms with Crippen molar-refractivity contribution in [1.29, 1.82) is 0 Å². The molecule has 4 aromatic rings. The molecule has 0 aliphatic carbocycles. The van der Waals surface area contributed by atoms with Gasteiger partial charge in [-0.2, -0.15) is 22.8 Å². The van der Waals surface area contributed by atoms with Crippen LogP contribution in [0.4, 0.5) is 19.0 Å². The molecule has 1 N–H and O–H groups in total. The van der Waals surface area contributed by atoms with Gasteiger partial charge < -0.3 is 5.32 Å². The Bertz CT molecular complexity index is 1150. The van der Waals surface area contributed by atoms with E-state index in [0.717, 1.165) is 21.2 Å². The van der Waals surface area contributed by atoms with Crippen LogP contribution < -0.4 is 5.32 Å². The summed E-state index contributed by atoms with van der Waals surface area (Å²) < 4.78 is 42.0. The molecule has 0 atom stereocenters. The fraction of sp³-hybridized carbons (Fsp3) is 0.263. The molecule has 0 amide bonds. The summed E-state index contributed by atoms with van der Waals surface area (Å²) >= 11 is 0. The van der Waals surface area contributed by atoms with Crippen LogP contribution in [0.15, 0.2) is 42.7 Å². The summed E-state index contributed by atoms with van der Waals surface area (Å²) in [5, 5.41) is 18.4. The van der Waals surface area contributed by atoms with Crippen molar-refractivity contribution in [2.24, 2.45) is 0 Å². The van der Waals surface area contributed by atoms with E-state index in [1.54, 1.807) is 20.0 Å². The number of anilines is 1. The zero-order valence-corrected chi connectivity index (χ0v) is 15.8. The van der Waals surface area contributed by atoms with Crippen LogP contribution in [0.2, 0.25) is 0 Å². The van der Waals surface area contributed by atoms with Gasteiger partial charge in [0.15, 0.2) is 11.5 Å². The molecular formula is C19H18F3N7. The van der Waals surface area contributed by atoms with Crippen LogP contribution >= 0.6 is 0 Å². The van der Waals surface area contributed by atoms with Crippen molar-refractivity contribution in [3.8, 4) is 0 Å². The molecule has 4 rings (SSSR count). The number of nitrogens with zero attached hydrogens (tertiary/aromatic N) is 6. The van der Waals surface area contributed by atoms with Crippen molar-refractivity contribution >= 4 is 11.5 Å². The molecule has 3 heterocycles. The first-order chi connectivity index (χ1) is 13.8. The van der Waals surface area contributed by atoms with Crippen molar-refractivity contribution in [3.05, 3.63) is 70.8 Å². The van der Waals surface area contributed by atoms with Gasteiger partial charge in [0.1, 0.15) is 0 Å². The SMILES string of the molecule is Cc1c(NCc2cnn(Cc3ccccc3)c2)nn2c(C(F)(F)F)nnc2c1C. The summed E-state index contributed by atoms with van der Waals surface area (Å²) in [6.45, 7) is 4.49. The summed E-state index contributed by atoms with van der Waals surface area (Å²) in [6, 6.07) is 9.92. The first kappa shape index (κ1) is 18.9. The van der Waals surface area contributed by atoms with Crippen LogP contribution in [0, 0.1) is 13.8 Å². The van der Waals surface area contributed by atoms with E-state index in [0.29, 0.717) is 24.5 Å². The minimum atomic E-state index is -4.63. The number of halogens is 3. The van der Waals surface area contributed by atoms with E-state index >= 15 is 0 Å². The topological polar surface area (TPSA) is 72.9 Å². The lowest BCUT2D eigenvalue weighted by Gasteiger charge is -2.12. The average molecular weight is 401 g/mol. The molecule has 0 saturated heterocycles. The predicted molar refractivity (Wildman–Crippen MR) is 100 cm³/mol. The zero-order chi connectivity index (χ0) is 20.6. The Hall–Kier alpha value is -3.43. The highest BCUT2D eigenvalue weighted by molar-refractivity contribution is 5.58. The molecule has 0 bridgehead atoms. The maximum atomic E-state index is 13.2. The lowest BCUT2D eigenvalue weighted by Crippen LogP contribution is -2.15. The number of nitrogens with one attached hydrogen (secondary N) is 1. The van der Waals surface area contributed by atoms with Crippen molar-refractivity contribution in [2.75, 3.05) is 5.32 Å². The molecule has 0 fully saturated rings. The van der Waals surface area contributed by atoms with Gasteiger partial charge in [0.05, 0.1) is 12.7 Å². The Labute approximate surface area is 164 Å². The van der Waals surface area contributed by atoms with Gasteiger partial charge in [0, 0.05) is 23.9 Å². The highest BCUT2D eigenvalue weighted by atomic mass is 19.4. The summed E-state index contributed by atoms with van der Waals surface area (Å²) in [6.07, 6.45) is -1.03. The van der Waals surface area contributed by atoms with Crippen LogP contribution in [0.25, 0.3) is 5.65 Å². The third-order valence-electron chi connectivity index (χ3n) is 4.68. The van der Waals surface area contributed by atoms with Crippen LogP contribution in [-0.4, -0.2) is 29.6 Å². The van der Waals surface area contributed by atoms with Gasteiger partial charge >= 0.3 is 6.18 Å². The lowest BCUT2D eigenvalue weighted by atomic mass is 10.2. The van der Waals surface area contributed by atoms with Gasteiger partial charge in [-0.25, -0.2) is 0 Å². The molecule has 0 aliphatic heterocycles. The number of benzene rings is 1. The van der Waals surface area contributed by atoms with E-state index in [1.807, 2.05) is 41.2 Å². The van der Waals surface area contributed by atoms with Crippen LogP contribution in [0.5, 0.6) is 0 Å². The summed E-state index contributed by atoms with van der Waals surface area (Å²) in [4.78, 5) is 0. The maximum absolute atomic E-state index is 13.2. The molecule has 7 nitrogen and oxygen atoms in total. The molecular weight excluding hydrogens is 383 g/mol. The van der Waals surface area contributed by atoms with Crippen molar-refractivity contribution in [1.82, 2.24) is 29.6 Å². The van der Waals surface area contributed by atoms with E-state index in [1.165, 1.54) is 0 Å². The van der Waals surface area contributed by atoms with E-state index in [2.05, 4.69) is 25.7 Å². The Balaban J connectivity index is 1.55.